The van der Waals surface area contributed by atoms with Crippen molar-refractivity contribution in [3.05, 3.63) is 47.7 Å². The third-order valence-electron chi connectivity index (χ3n) is 4.76. The predicted octanol–water partition coefficient (Wildman–Crippen LogP) is 3.30. The molecule has 2 aromatic rings. The number of anilines is 1. The first-order valence-electron chi connectivity index (χ1n) is 8.61. The molecule has 0 radical (unpaired) electrons. The summed E-state index contributed by atoms with van der Waals surface area (Å²) in [4.78, 5) is 13.7. The summed E-state index contributed by atoms with van der Waals surface area (Å²) < 4.78 is 0. The van der Waals surface area contributed by atoms with Crippen molar-refractivity contribution >= 4 is 23.8 Å². The molecule has 6 heteroatoms. The molecule has 0 aliphatic carbocycles. The Hall–Kier alpha value is -1.92. The number of aromatic nitrogens is 2. The average Bonchev–Trinajstić information content (AvgIpc) is 2.68. The van der Waals surface area contributed by atoms with E-state index in [1.54, 1.807) is 11.8 Å². The standard InChI is InChI=1S/C19H25N5S/c1-23(14-16-5-3-4-15(12-16)13-20)17-7-10-24(11-8-17)18-6-9-21-19(22-18)25-2/h3-6,9,12-13,17,20H,7-8,10-11,14H2,1-2H3. The summed E-state index contributed by atoms with van der Waals surface area (Å²) in [5.74, 6) is 1.04. The van der Waals surface area contributed by atoms with Gasteiger partial charge in [-0.15, -0.1) is 0 Å². The minimum absolute atomic E-state index is 0.585. The fourth-order valence-electron chi connectivity index (χ4n) is 3.34. The van der Waals surface area contributed by atoms with Crippen molar-refractivity contribution in [2.24, 2.45) is 0 Å². The summed E-state index contributed by atoms with van der Waals surface area (Å²) in [5, 5.41) is 8.23. The van der Waals surface area contributed by atoms with Crippen LogP contribution in [0.3, 0.4) is 0 Å². The van der Waals surface area contributed by atoms with Gasteiger partial charge in [-0.1, -0.05) is 30.0 Å². The molecule has 1 fully saturated rings. The van der Waals surface area contributed by atoms with Crippen LogP contribution in [0.25, 0.3) is 0 Å². The number of nitrogens with zero attached hydrogens (tertiary/aromatic N) is 4. The molecule has 1 aliphatic rings. The molecule has 0 saturated carbocycles. The largest absolute Gasteiger partial charge is 0.356 e. The lowest BCUT2D eigenvalue weighted by Crippen LogP contribution is -2.43. The van der Waals surface area contributed by atoms with Crippen LogP contribution in [0.15, 0.2) is 41.7 Å². The van der Waals surface area contributed by atoms with E-state index in [1.165, 1.54) is 11.8 Å². The van der Waals surface area contributed by atoms with Gasteiger partial charge in [0, 0.05) is 38.1 Å². The minimum Gasteiger partial charge on any atom is -0.356 e. The van der Waals surface area contributed by atoms with Gasteiger partial charge in [-0.05, 0) is 49.4 Å². The Bertz CT molecular complexity index is 712. The lowest BCUT2D eigenvalue weighted by atomic mass is 10.0. The Morgan fingerprint density at radius 1 is 1.32 bits per heavy atom. The predicted molar refractivity (Wildman–Crippen MR) is 105 cm³/mol. The van der Waals surface area contributed by atoms with Gasteiger partial charge in [-0.2, -0.15) is 0 Å². The van der Waals surface area contributed by atoms with Crippen LogP contribution in [0.2, 0.25) is 0 Å². The molecular weight excluding hydrogens is 330 g/mol. The molecule has 1 aliphatic heterocycles. The number of thioether (sulfide) groups is 1. The van der Waals surface area contributed by atoms with Crippen LogP contribution in [0.4, 0.5) is 5.82 Å². The van der Waals surface area contributed by atoms with E-state index in [9.17, 15) is 0 Å². The molecule has 132 valence electrons. The zero-order chi connectivity index (χ0) is 17.6. The van der Waals surface area contributed by atoms with Crippen molar-refractivity contribution in [1.29, 1.82) is 5.41 Å². The van der Waals surface area contributed by atoms with Gasteiger partial charge >= 0.3 is 0 Å². The van der Waals surface area contributed by atoms with Crippen LogP contribution in [0.1, 0.15) is 24.0 Å². The Kier molecular flexibility index (Phi) is 6.04. The van der Waals surface area contributed by atoms with Gasteiger partial charge in [0.1, 0.15) is 5.82 Å². The van der Waals surface area contributed by atoms with E-state index in [0.29, 0.717) is 6.04 Å². The Morgan fingerprint density at radius 3 is 2.84 bits per heavy atom. The molecule has 1 N–H and O–H groups in total. The Labute approximate surface area is 154 Å². The lowest BCUT2D eigenvalue weighted by molar-refractivity contribution is 0.200. The molecule has 3 rings (SSSR count). The summed E-state index contributed by atoms with van der Waals surface area (Å²) in [6.07, 6.45) is 7.54. The van der Waals surface area contributed by atoms with E-state index < -0.39 is 0 Å². The second-order valence-electron chi connectivity index (χ2n) is 6.42. The van der Waals surface area contributed by atoms with Crippen LogP contribution in [0.5, 0.6) is 0 Å². The molecule has 0 bridgehead atoms. The maximum atomic E-state index is 7.40. The highest BCUT2D eigenvalue weighted by Crippen LogP contribution is 2.22. The molecule has 5 nitrogen and oxygen atoms in total. The third-order valence-corrected chi connectivity index (χ3v) is 5.32. The number of hydrogen-bond acceptors (Lipinski definition) is 6. The second kappa shape index (κ2) is 8.45. The van der Waals surface area contributed by atoms with E-state index in [2.05, 4.69) is 38.9 Å². The van der Waals surface area contributed by atoms with Crippen LogP contribution < -0.4 is 4.90 Å². The zero-order valence-corrected chi connectivity index (χ0v) is 15.7. The first-order valence-corrected chi connectivity index (χ1v) is 9.83. The van der Waals surface area contributed by atoms with Crippen molar-refractivity contribution in [3.63, 3.8) is 0 Å². The minimum atomic E-state index is 0.585. The maximum Gasteiger partial charge on any atom is 0.189 e. The zero-order valence-electron chi connectivity index (χ0n) is 14.9. The molecular formula is C19H25N5S. The summed E-state index contributed by atoms with van der Waals surface area (Å²) in [6, 6.07) is 10.8. The quantitative estimate of drug-likeness (QED) is 0.489. The number of nitrogens with one attached hydrogen (secondary N) is 1. The van der Waals surface area contributed by atoms with Crippen molar-refractivity contribution in [1.82, 2.24) is 14.9 Å². The lowest BCUT2D eigenvalue weighted by Gasteiger charge is -2.37. The van der Waals surface area contributed by atoms with Gasteiger partial charge in [-0.25, -0.2) is 9.97 Å². The first-order chi connectivity index (χ1) is 12.2. The summed E-state index contributed by atoms with van der Waals surface area (Å²) in [7, 11) is 2.20. The summed E-state index contributed by atoms with van der Waals surface area (Å²) in [5.41, 5.74) is 2.24. The van der Waals surface area contributed by atoms with Crippen molar-refractivity contribution in [2.45, 2.75) is 30.6 Å². The molecule has 0 spiro atoms. The number of piperidine rings is 1. The molecule has 0 atom stereocenters. The second-order valence-corrected chi connectivity index (χ2v) is 7.20. The van der Waals surface area contributed by atoms with E-state index >= 15 is 0 Å². The van der Waals surface area contributed by atoms with Gasteiger partial charge in [-0.3, -0.25) is 4.90 Å². The molecule has 25 heavy (non-hydrogen) atoms. The van der Waals surface area contributed by atoms with Crippen LogP contribution in [0, 0.1) is 5.41 Å². The Balaban J connectivity index is 1.56. The van der Waals surface area contributed by atoms with Gasteiger partial charge < -0.3 is 10.3 Å². The van der Waals surface area contributed by atoms with Gasteiger partial charge in [0.15, 0.2) is 5.16 Å². The van der Waals surface area contributed by atoms with E-state index in [0.717, 1.165) is 49.0 Å². The number of hydrogen-bond donors (Lipinski definition) is 1. The summed E-state index contributed by atoms with van der Waals surface area (Å²) in [6.45, 7) is 2.98. The van der Waals surface area contributed by atoms with Gasteiger partial charge in [0.05, 0.1) is 0 Å². The van der Waals surface area contributed by atoms with E-state index in [4.69, 9.17) is 5.41 Å². The van der Waals surface area contributed by atoms with E-state index in [1.807, 2.05) is 30.7 Å². The van der Waals surface area contributed by atoms with Crippen molar-refractivity contribution in [2.75, 3.05) is 31.3 Å². The maximum absolute atomic E-state index is 7.40. The van der Waals surface area contributed by atoms with Crippen molar-refractivity contribution < 1.29 is 0 Å². The van der Waals surface area contributed by atoms with Crippen LogP contribution in [-0.2, 0) is 6.54 Å². The van der Waals surface area contributed by atoms with Gasteiger partial charge in [0.2, 0.25) is 0 Å². The monoisotopic (exact) mass is 355 g/mol. The fraction of sp³-hybridized carbons (Fsp3) is 0.421. The number of rotatable bonds is 6. The topological polar surface area (TPSA) is 56.1 Å². The van der Waals surface area contributed by atoms with Crippen LogP contribution in [-0.4, -0.2) is 53.5 Å². The number of benzene rings is 1. The SMILES string of the molecule is CSc1nccc(N2CCC(N(C)Cc3cccc(C=N)c3)CC2)n1. The fourth-order valence-corrected chi connectivity index (χ4v) is 3.69. The highest BCUT2D eigenvalue weighted by Gasteiger charge is 2.23. The molecule has 2 heterocycles. The van der Waals surface area contributed by atoms with E-state index in [-0.39, 0.29) is 0 Å². The normalized spacial score (nSPS) is 15.6. The van der Waals surface area contributed by atoms with Crippen molar-refractivity contribution in [3.8, 4) is 0 Å². The third kappa shape index (κ3) is 4.58. The Morgan fingerprint density at radius 2 is 2.12 bits per heavy atom. The van der Waals surface area contributed by atoms with Crippen LogP contribution >= 0.6 is 11.8 Å². The van der Waals surface area contributed by atoms with Gasteiger partial charge in [0.25, 0.3) is 0 Å². The highest BCUT2D eigenvalue weighted by molar-refractivity contribution is 7.98. The first kappa shape index (κ1) is 17.9. The molecule has 1 aromatic heterocycles. The smallest absolute Gasteiger partial charge is 0.189 e. The molecule has 1 saturated heterocycles. The molecule has 1 aromatic carbocycles. The highest BCUT2D eigenvalue weighted by atomic mass is 32.2. The molecule has 0 unspecified atom stereocenters. The average molecular weight is 356 g/mol. The summed E-state index contributed by atoms with van der Waals surface area (Å²) >= 11 is 1.58. The molecule has 0 amide bonds.